The number of hydroxylamine groups is 2. The van der Waals surface area contributed by atoms with E-state index in [-0.39, 0.29) is 24.4 Å². The predicted octanol–water partition coefficient (Wildman–Crippen LogP) is 3.60. The SMILES string of the molecule is O=C1N2C[C@H](CC[C@H]2SC(F)(F)F)N1OCc1ccccc1. The summed E-state index contributed by atoms with van der Waals surface area (Å²) in [5.74, 6) is 0. The van der Waals surface area contributed by atoms with E-state index in [9.17, 15) is 18.0 Å². The van der Waals surface area contributed by atoms with Crippen molar-refractivity contribution in [2.75, 3.05) is 6.54 Å². The number of rotatable bonds is 4. The zero-order chi connectivity index (χ0) is 15.7. The maximum Gasteiger partial charge on any atom is 0.443 e. The molecule has 0 radical (unpaired) electrons. The summed E-state index contributed by atoms with van der Waals surface area (Å²) in [4.78, 5) is 19.1. The first-order chi connectivity index (χ1) is 10.4. The van der Waals surface area contributed by atoms with E-state index in [4.69, 9.17) is 4.84 Å². The van der Waals surface area contributed by atoms with Crippen LogP contribution in [0.1, 0.15) is 18.4 Å². The van der Waals surface area contributed by atoms with Crippen molar-refractivity contribution in [3.05, 3.63) is 35.9 Å². The molecule has 1 aromatic carbocycles. The van der Waals surface area contributed by atoms with E-state index in [0.717, 1.165) is 5.56 Å². The van der Waals surface area contributed by atoms with Crippen LogP contribution in [-0.4, -0.2) is 39.5 Å². The first-order valence-corrected chi connectivity index (χ1v) is 7.83. The summed E-state index contributed by atoms with van der Waals surface area (Å²) in [7, 11) is 0. The Morgan fingerprint density at radius 3 is 2.64 bits per heavy atom. The van der Waals surface area contributed by atoms with Crippen molar-refractivity contribution >= 4 is 17.8 Å². The van der Waals surface area contributed by atoms with Gasteiger partial charge in [0.05, 0.1) is 11.4 Å². The number of piperidine rings is 1. The molecule has 0 unspecified atom stereocenters. The summed E-state index contributed by atoms with van der Waals surface area (Å²) >= 11 is -0.120. The number of alkyl halides is 3. The van der Waals surface area contributed by atoms with E-state index in [1.54, 1.807) is 0 Å². The van der Waals surface area contributed by atoms with Gasteiger partial charge < -0.3 is 4.90 Å². The number of amides is 2. The third-order valence-corrected chi connectivity index (χ3v) is 4.78. The Hall–Kier alpha value is -1.41. The van der Waals surface area contributed by atoms with Crippen LogP contribution in [0, 0.1) is 0 Å². The molecule has 120 valence electrons. The fourth-order valence-corrected chi connectivity index (χ4v) is 3.62. The summed E-state index contributed by atoms with van der Waals surface area (Å²) in [6.07, 6.45) is 0.844. The van der Waals surface area contributed by atoms with E-state index in [1.807, 2.05) is 30.3 Å². The minimum atomic E-state index is -4.34. The molecule has 22 heavy (non-hydrogen) atoms. The Morgan fingerprint density at radius 1 is 1.23 bits per heavy atom. The fraction of sp³-hybridized carbons (Fsp3) is 0.500. The number of thioether (sulfide) groups is 1. The maximum absolute atomic E-state index is 12.5. The van der Waals surface area contributed by atoms with E-state index < -0.39 is 16.9 Å². The molecule has 3 rings (SSSR count). The Kier molecular flexibility index (Phi) is 4.22. The molecule has 2 bridgehead atoms. The first-order valence-electron chi connectivity index (χ1n) is 6.95. The average Bonchev–Trinajstić information content (AvgIpc) is 2.72. The minimum Gasteiger partial charge on any atom is -0.308 e. The van der Waals surface area contributed by atoms with Crippen molar-refractivity contribution < 1.29 is 22.8 Å². The van der Waals surface area contributed by atoms with Gasteiger partial charge >= 0.3 is 11.5 Å². The van der Waals surface area contributed by atoms with Gasteiger partial charge in [-0.25, -0.2) is 4.79 Å². The van der Waals surface area contributed by atoms with Crippen LogP contribution < -0.4 is 0 Å². The lowest BCUT2D eigenvalue weighted by Gasteiger charge is -2.30. The fourth-order valence-electron chi connectivity index (χ4n) is 2.76. The molecule has 0 aromatic heterocycles. The molecule has 2 amide bonds. The molecule has 2 aliphatic rings. The van der Waals surface area contributed by atoms with E-state index >= 15 is 0 Å². The number of carbonyl (C=O) groups is 1. The van der Waals surface area contributed by atoms with Gasteiger partial charge in [-0.3, -0.25) is 4.84 Å². The number of benzene rings is 1. The molecule has 8 heteroatoms. The third kappa shape index (κ3) is 3.33. The van der Waals surface area contributed by atoms with Gasteiger partial charge in [0.2, 0.25) is 0 Å². The highest BCUT2D eigenvalue weighted by atomic mass is 32.2. The third-order valence-electron chi connectivity index (χ3n) is 3.75. The topological polar surface area (TPSA) is 32.8 Å². The summed E-state index contributed by atoms with van der Waals surface area (Å²) in [6.45, 7) is 0.523. The largest absolute Gasteiger partial charge is 0.443 e. The van der Waals surface area contributed by atoms with Crippen LogP contribution in [0.15, 0.2) is 30.3 Å². The molecule has 0 N–H and O–H groups in total. The van der Waals surface area contributed by atoms with E-state index in [2.05, 4.69) is 0 Å². The van der Waals surface area contributed by atoms with Crippen molar-refractivity contribution in [2.24, 2.45) is 0 Å². The number of carbonyl (C=O) groups excluding carboxylic acids is 1. The highest BCUT2D eigenvalue weighted by Gasteiger charge is 2.49. The lowest BCUT2D eigenvalue weighted by atomic mass is 10.1. The second-order valence-corrected chi connectivity index (χ2v) is 6.51. The monoisotopic (exact) mass is 332 g/mol. The normalized spacial score (nSPS) is 25.0. The van der Waals surface area contributed by atoms with Gasteiger partial charge in [0.1, 0.15) is 6.61 Å². The predicted molar refractivity (Wildman–Crippen MR) is 75.6 cm³/mol. The highest BCUT2D eigenvalue weighted by Crippen LogP contribution is 2.42. The van der Waals surface area contributed by atoms with E-state index in [0.29, 0.717) is 19.4 Å². The molecule has 2 fully saturated rings. The van der Waals surface area contributed by atoms with Crippen LogP contribution in [0.5, 0.6) is 0 Å². The van der Waals surface area contributed by atoms with Gasteiger partial charge in [-0.1, -0.05) is 30.3 Å². The van der Waals surface area contributed by atoms with Crippen molar-refractivity contribution in [1.29, 1.82) is 0 Å². The molecule has 0 aliphatic carbocycles. The Labute approximate surface area is 130 Å². The average molecular weight is 332 g/mol. The standard InChI is InChI=1S/C14H15F3N2O2S/c15-14(16,17)22-12-7-6-11-8-18(12)13(20)19(11)21-9-10-4-2-1-3-5-10/h1-5,11-12H,6-9H2/t11-,12+/m0/s1. The number of hydrogen-bond donors (Lipinski definition) is 0. The summed E-state index contributed by atoms with van der Waals surface area (Å²) in [5, 5.41) is 0.387. The van der Waals surface area contributed by atoms with Gasteiger partial charge in [-0.15, -0.1) is 0 Å². The number of halogens is 3. The molecular formula is C14H15F3N2O2S. The molecular weight excluding hydrogens is 317 g/mol. The summed E-state index contributed by atoms with van der Waals surface area (Å²) < 4.78 is 37.6. The highest BCUT2D eigenvalue weighted by molar-refractivity contribution is 8.00. The summed E-state index contributed by atoms with van der Waals surface area (Å²) in [5.41, 5.74) is -3.43. The van der Waals surface area contributed by atoms with Crippen molar-refractivity contribution in [1.82, 2.24) is 9.96 Å². The lowest BCUT2D eigenvalue weighted by Crippen LogP contribution is -2.39. The quantitative estimate of drug-likeness (QED) is 0.845. The van der Waals surface area contributed by atoms with Crippen molar-refractivity contribution in [3.63, 3.8) is 0 Å². The lowest BCUT2D eigenvalue weighted by molar-refractivity contribution is -0.140. The molecule has 0 saturated carbocycles. The number of nitrogens with zero attached hydrogens (tertiary/aromatic N) is 2. The Morgan fingerprint density at radius 2 is 1.95 bits per heavy atom. The van der Waals surface area contributed by atoms with Crippen molar-refractivity contribution in [2.45, 2.75) is 36.4 Å². The molecule has 1 aromatic rings. The Balaban J connectivity index is 1.63. The maximum atomic E-state index is 12.5. The van der Waals surface area contributed by atoms with Gasteiger partial charge in [-0.05, 0) is 30.2 Å². The zero-order valence-electron chi connectivity index (χ0n) is 11.6. The number of fused-ring (bicyclic) bond motifs is 2. The molecule has 2 aliphatic heterocycles. The Bertz CT molecular complexity index is 541. The van der Waals surface area contributed by atoms with Crippen LogP contribution >= 0.6 is 11.8 Å². The van der Waals surface area contributed by atoms with Gasteiger partial charge in [0, 0.05) is 6.54 Å². The van der Waals surface area contributed by atoms with Crippen LogP contribution in [0.25, 0.3) is 0 Å². The molecule has 2 atom stereocenters. The second-order valence-electron chi connectivity index (χ2n) is 5.27. The van der Waals surface area contributed by atoms with Gasteiger partial charge in [-0.2, -0.15) is 18.2 Å². The van der Waals surface area contributed by atoms with Crippen molar-refractivity contribution in [3.8, 4) is 0 Å². The van der Waals surface area contributed by atoms with Gasteiger partial charge in [0.25, 0.3) is 0 Å². The van der Waals surface area contributed by atoms with Crippen LogP contribution in [0.2, 0.25) is 0 Å². The first kappa shape index (κ1) is 15.5. The molecule has 0 spiro atoms. The van der Waals surface area contributed by atoms with Crippen LogP contribution in [-0.2, 0) is 11.4 Å². The minimum absolute atomic E-state index is 0.120. The molecule has 2 heterocycles. The molecule has 2 saturated heterocycles. The summed E-state index contributed by atoms with van der Waals surface area (Å²) in [6, 6.07) is 8.71. The smallest absolute Gasteiger partial charge is 0.308 e. The van der Waals surface area contributed by atoms with Crippen LogP contribution in [0.3, 0.4) is 0 Å². The molecule has 4 nitrogen and oxygen atoms in total. The zero-order valence-corrected chi connectivity index (χ0v) is 12.4. The van der Waals surface area contributed by atoms with E-state index in [1.165, 1.54) is 9.96 Å². The van der Waals surface area contributed by atoms with Gasteiger partial charge in [0.15, 0.2) is 0 Å². The number of urea groups is 1. The second kappa shape index (κ2) is 6.00. The van der Waals surface area contributed by atoms with Crippen LogP contribution in [0.4, 0.5) is 18.0 Å². The number of hydrogen-bond acceptors (Lipinski definition) is 3.